The second-order valence-corrected chi connectivity index (χ2v) is 3.59. The Balaban J connectivity index is 2.71. The second kappa shape index (κ2) is 5.80. The molecule has 1 rings (SSSR count). The Kier molecular flexibility index (Phi) is 4.68. The lowest BCUT2D eigenvalue weighted by molar-refractivity contribution is -0.0557. The van der Waals surface area contributed by atoms with E-state index < -0.39 is 12.5 Å². The van der Waals surface area contributed by atoms with Crippen LogP contribution in [-0.2, 0) is 5.92 Å². The predicted molar refractivity (Wildman–Crippen MR) is 57.8 cm³/mol. The molecule has 16 heavy (non-hydrogen) atoms. The van der Waals surface area contributed by atoms with E-state index in [-0.39, 0.29) is 5.56 Å². The summed E-state index contributed by atoms with van der Waals surface area (Å²) >= 11 is 0. The fourth-order valence-electron chi connectivity index (χ4n) is 1.24. The van der Waals surface area contributed by atoms with E-state index in [0.29, 0.717) is 12.4 Å². The molecule has 0 fully saturated rings. The van der Waals surface area contributed by atoms with E-state index in [9.17, 15) is 8.78 Å². The zero-order valence-corrected chi connectivity index (χ0v) is 9.25. The van der Waals surface area contributed by atoms with Crippen LogP contribution >= 0.6 is 0 Å². The number of aliphatic hydroxyl groups is 1. The molecular formula is C12H16F2O2. The summed E-state index contributed by atoms with van der Waals surface area (Å²) in [6.45, 7) is 1.36. The topological polar surface area (TPSA) is 29.5 Å². The zero-order valence-electron chi connectivity index (χ0n) is 9.25. The Labute approximate surface area is 93.9 Å². The zero-order chi connectivity index (χ0) is 12.0. The van der Waals surface area contributed by atoms with Crippen LogP contribution < -0.4 is 4.74 Å². The van der Waals surface area contributed by atoms with Crippen LogP contribution in [0.3, 0.4) is 0 Å². The van der Waals surface area contributed by atoms with E-state index in [4.69, 9.17) is 9.84 Å². The monoisotopic (exact) mass is 230 g/mol. The van der Waals surface area contributed by atoms with Gasteiger partial charge < -0.3 is 9.84 Å². The molecule has 0 radical (unpaired) electrons. The number of aliphatic hydroxyl groups excluding tert-OH is 1. The van der Waals surface area contributed by atoms with Crippen LogP contribution in [0.2, 0.25) is 0 Å². The maximum atomic E-state index is 13.1. The molecule has 0 aromatic heterocycles. The SMILES string of the molecule is CCCCOc1cccc(C(F)(F)CO)c1. The lowest BCUT2D eigenvalue weighted by atomic mass is 10.1. The first-order chi connectivity index (χ1) is 7.60. The van der Waals surface area contributed by atoms with Crippen molar-refractivity contribution in [3.05, 3.63) is 29.8 Å². The first-order valence-corrected chi connectivity index (χ1v) is 5.32. The molecule has 0 amide bonds. The second-order valence-electron chi connectivity index (χ2n) is 3.59. The van der Waals surface area contributed by atoms with Gasteiger partial charge in [-0.25, -0.2) is 0 Å². The van der Waals surface area contributed by atoms with Crippen molar-refractivity contribution in [2.75, 3.05) is 13.2 Å². The van der Waals surface area contributed by atoms with Crippen molar-refractivity contribution in [1.29, 1.82) is 0 Å². The number of hydrogen-bond donors (Lipinski definition) is 1. The van der Waals surface area contributed by atoms with Gasteiger partial charge in [0, 0.05) is 5.56 Å². The number of unbranched alkanes of at least 4 members (excludes halogenated alkanes) is 1. The van der Waals surface area contributed by atoms with E-state index in [1.165, 1.54) is 18.2 Å². The van der Waals surface area contributed by atoms with Gasteiger partial charge in [0.25, 0.3) is 5.92 Å². The maximum absolute atomic E-state index is 13.1. The number of ether oxygens (including phenoxy) is 1. The maximum Gasteiger partial charge on any atom is 0.295 e. The van der Waals surface area contributed by atoms with Gasteiger partial charge in [0.15, 0.2) is 0 Å². The summed E-state index contributed by atoms with van der Waals surface area (Å²) in [5, 5.41) is 8.56. The Morgan fingerprint density at radius 3 is 2.75 bits per heavy atom. The van der Waals surface area contributed by atoms with Crippen LogP contribution in [0.4, 0.5) is 8.78 Å². The summed E-state index contributed by atoms with van der Waals surface area (Å²) in [5.41, 5.74) is -0.219. The van der Waals surface area contributed by atoms with Gasteiger partial charge >= 0.3 is 0 Å². The molecule has 1 aromatic rings. The fraction of sp³-hybridized carbons (Fsp3) is 0.500. The molecular weight excluding hydrogens is 214 g/mol. The number of halogens is 2. The Bertz CT molecular complexity index is 327. The van der Waals surface area contributed by atoms with Crippen LogP contribution in [0.15, 0.2) is 24.3 Å². The van der Waals surface area contributed by atoms with Crippen molar-refractivity contribution in [3.8, 4) is 5.75 Å². The minimum atomic E-state index is -3.20. The van der Waals surface area contributed by atoms with Crippen molar-refractivity contribution < 1.29 is 18.6 Å². The third-order valence-electron chi connectivity index (χ3n) is 2.22. The summed E-state index contributed by atoms with van der Waals surface area (Å²) in [4.78, 5) is 0. The Morgan fingerprint density at radius 2 is 2.12 bits per heavy atom. The first kappa shape index (κ1) is 12.9. The van der Waals surface area contributed by atoms with E-state index in [1.54, 1.807) is 6.07 Å². The highest BCUT2D eigenvalue weighted by Crippen LogP contribution is 2.29. The van der Waals surface area contributed by atoms with Gasteiger partial charge in [-0.1, -0.05) is 25.5 Å². The van der Waals surface area contributed by atoms with Gasteiger partial charge in [-0.05, 0) is 18.6 Å². The fourth-order valence-corrected chi connectivity index (χ4v) is 1.24. The molecule has 0 spiro atoms. The molecule has 0 aliphatic rings. The minimum absolute atomic E-state index is 0.219. The molecule has 4 heteroatoms. The molecule has 0 atom stereocenters. The number of rotatable bonds is 6. The van der Waals surface area contributed by atoms with Gasteiger partial charge in [-0.3, -0.25) is 0 Å². The normalized spacial score (nSPS) is 11.5. The average molecular weight is 230 g/mol. The third kappa shape index (κ3) is 3.45. The molecule has 90 valence electrons. The van der Waals surface area contributed by atoms with E-state index in [2.05, 4.69) is 0 Å². The van der Waals surface area contributed by atoms with Crippen LogP contribution in [0.25, 0.3) is 0 Å². The van der Waals surface area contributed by atoms with Crippen LogP contribution in [0.5, 0.6) is 5.75 Å². The summed E-state index contributed by atoms with van der Waals surface area (Å²) < 4.78 is 31.6. The molecule has 0 bridgehead atoms. The predicted octanol–water partition coefficient (Wildman–Crippen LogP) is 2.95. The molecule has 1 N–H and O–H groups in total. The average Bonchev–Trinajstić information content (AvgIpc) is 2.30. The minimum Gasteiger partial charge on any atom is -0.494 e. The van der Waals surface area contributed by atoms with Gasteiger partial charge in [-0.15, -0.1) is 0 Å². The highest BCUT2D eigenvalue weighted by molar-refractivity contribution is 5.31. The lowest BCUT2D eigenvalue weighted by Gasteiger charge is -2.14. The molecule has 0 saturated heterocycles. The van der Waals surface area contributed by atoms with Crippen LogP contribution in [0.1, 0.15) is 25.3 Å². The van der Waals surface area contributed by atoms with Gasteiger partial charge in [0.1, 0.15) is 12.4 Å². The third-order valence-corrected chi connectivity index (χ3v) is 2.22. The lowest BCUT2D eigenvalue weighted by Crippen LogP contribution is -2.18. The van der Waals surface area contributed by atoms with Gasteiger partial charge in [0.2, 0.25) is 0 Å². The molecule has 0 aliphatic carbocycles. The smallest absolute Gasteiger partial charge is 0.295 e. The van der Waals surface area contributed by atoms with Crippen molar-refractivity contribution >= 4 is 0 Å². The first-order valence-electron chi connectivity index (χ1n) is 5.32. The Morgan fingerprint density at radius 1 is 1.38 bits per heavy atom. The number of alkyl halides is 2. The molecule has 0 unspecified atom stereocenters. The molecule has 2 nitrogen and oxygen atoms in total. The van der Waals surface area contributed by atoms with Crippen LogP contribution in [-0.4, -0.2) is 18.3 Å². The van der Waals surface area contributed by atoms with E-state index in [0.717, 1.165) is 12.8 Å². The largest absolute Gasteiger partial charge is 0.494 e. The summed E-state index contributed by atoms with van der Waals surface area (Å²) in [6.07, 6.45) is 1.88. The van der Waals surface area contributed by atoms with Gasteiger partial charge in [0.05, 0.1) is 6.61 Å². The highest BCUT2D eigenvalue weighted by Gasteiger charge is 2.30. The highest BCUT2D eigenvalue weighted by atomic mass is 19.3. The van der Waals surface area contributed by atoms with Crippen molar-refractivity contribution in [2.45, 2.75) is 25.7 Å². The summed E-state index contributed by atoms with van der Waals surface area (Å²) in [5.74, 6) is -2.79. The van der Waals surface area contributed by atoms with E-state index >= 15 is 0 Å². The van der Waals surface area contributed by atoms with Crippen molar-refractivity contribution in [1.82, 2.24) is 0 Å². The number of hydrogen-bond acceptors (Lipinski definition) is 2. The van der Waals surface area contributed by atoms with Crippen LogP contribution in [0, 0.1) is 0 Å². The van der Waals surface area contributed by atoms with Gasteiger partial charge in [-0.2, -0.15) is 8.78 Å². The Hall–Kier alpha value is -1.16. The van der Waals surface area contributed by atoms with Crippen molar-refractivity contribution in [2.24, 2.45) is 0 Å². The molecule has 0 saturated carbocycles. The quantitative estimate of drug-likeness (QED) is 0.761. The van der Waals surface area contributed by atoms with Crippen molar-refractivity contribution in [3.63, 3.8) is 0 Å². The molecule has 0 heterocycles. The standard InChI is InChI=1S/C12H16F2O2/c1-2-3-7-16-11-6-4-5-10(8-11)12(13,14)9-15/h4-6,8,15H,2-3,7,9H2,1H3. The number of benzene rings is 1. The summed E-state index contributed by atoms with van der Waals surface area (Å²) in [6, 6.07) is 5.68. The van der Waals surface area contributed by atoms with E-state index in [1.807, 2.05) is 6.92 Å². The molecule has 1 aromatic carbocycles. The molecule has 0 aliphatic heterocycles. The summed E-state index contributed by atoms with van der Waals surface area (Å²) in [7, 11) is 0.